The van der Waals surface area contributed by atoms with Gasteiger partial charge in [0, 0.05) is 42.6 Å². The van der Waals surface area contributed by atoms with Gasteiger partial charge in [0.2, 0.25) is 29.5 Å². The van der Waals surface area contributed by atoms with Crippen LogP contribution < -0.4 is 27.0 Å². The number of nitrogens with one attached hydrogen (secondary N) is 5. The molecule has 0 radical (unpaired) electrons. The molecule has 0 aliphatic carbocycles. The van der Waals surface area contributed by atoms with Crippen molar-refractivity contribution in [1.82, 2.24) is 26.3 Å². The lowest BCUT2D eigenvalue weighted by atomic mass is 10.0. The second-order valence-corrected chi connectivity index (χ2v) is 9.95. The minimum atomic E-state index is -1.18. The number of carbonyl (C=O) groups is 5. The first kappa shape index (κ1) is 31.1. The summed E-state index contributed by atoms with van der Waals surface area (Å²) in [5.41, 5.74) is 7.75. The molecule has 2 aromatic carbocycles. The normalized spacial score (nSPS) is 13.9. The number of primary amides is 1. The summed E-state index contributed by atoms with van der Waals surface area (Å²) in [6.07, 6.45) is 1.81. The highest BCUT2D eigenvalue weighted by Crippen LogP contribution is 2.19. The number of halogens is 1. The molecule has 7 N–H and O–H groups in total. The van der Waals surface area contributed by atoms with E-state index in [-0.39, 0.29) is 18.6 Å². The van der Waals surface area contributed by atoms with Crippen LogP contribution in [0.4, 0.5) is 4.39 Å². The maximum Gasteiger partial charge on any atom is 0.244 e. The van der Waals surface area contributed by atoms with Crippen LogP contribution >= 0.6 is 12.6 Å². The highest BCUT2D eigenvalue weighted by molar-refractivity contribution is 7.80. The third kappa shape index (κ3) is 8.80. The zero-order valence-electron chi connectivity index (χ0n) is 22.6. The number of para-hydroxylation sites is 1. The second kappa shape index (κ2) is 14.3. The maximum atomic E-state index is 13.4. The van der Waals surface area contributed by atoms with E-state index in [1.54, 1.807) is 6.20 Å². The lowest BCUT2D eigenvalue weighted by Crippen LogP contribution is -2.59. The molecule has 41 heavy (non-hydrogen) atoms. The van der Waals surface area contributed by atoms with E-state index in [1.165, 1.54) is 38.1 Å². The van der Waals surface area contributed by atoms with Gasteiger partial charge in [0.15, 0.2) is 0 Å². The van der Waals surface area contributed by atoms with E-state index in [2.05, 4.69) is 38.9 Å². The van der Waals surface area contributed by atoms with Crippen molar-refractivity contribution in [2.24, 2.45) is 5.73 Å². The zero-order valence-corrected chi connectivity index (χ0v) is 23.5. The topological polar surface area (TPSA) is 175 Å². The van der Waals surface area contributed by atoms with Crippen molar-refractivity contribution in [1.29, 1.82) is 0 Å². The van der Waals surface area contributed by atoms with Gasteiger partial charge in [-0.1, -0.05) is 30.3 Å². The van der Waals surface area contributed by atoms with Crippen LogP contribution in [-0.4, -0.2) is 64.4 Å². The van der Waals surface area contributed by atoms with Gasteiger partial charge in [0.1, 0.15) is 30.0 Å². The lowest BCUT2D eigenvalue weighted by molar-refractivity contribution is -0.133. The third-order valence-corrected chi connectivity index (χ3v) is 6.74. The van der Waals surface area contributed by atoms with Crippen LogP contribution in [-0.2, 0) is 36.8 Å². The van der Waals surface area contributed by atoms with E-state index in [0.29, 0.717) is 5.56 Å². The van der Waals surface area contributed by atoms with Gasteiger partial charge in [-0.2, -0.15) is 12.6 Å². The first-order chi connectivity index (χ1) is 19.5. The molecule has 0 bridgehead atoms. The number of fused-ring (bicyclic) bond motifs is 1. The Kier molecular flexibility index (Phi) is 10.9. The van der Waals surface area contributed by atoms with Crippen LogP contribution in [0.5, 0.6) is 0 Å². The number of benzene rings is 2. The summed E-state index contributed by atoms with van der Waals surface area (Å²) in [4.78, 5) is 65.8. The fourth-order valence-corrected chi connectivity index (χ4v) is 4.47. The van der Waals surface area contributed by atoms with Crippen molar-refractivity contribution >= 4 is 53.1 Å². The number of nitrogens with two attached hydrogens (primary N) is 1. The molecule has 5 amide bonds. The van der Waals surface area contributed by atoms with Crippen LogP contribution in [0.15, 0.2) is 54.7 Å². The molecule has 218 valence electrons. The SMILES string of the molecule is CC(=O)N[C@@H](C)C(=O)N[C@@H](Cc1ccc(F)cc1)C(=O)N[C@@H](CS)C(=O)N[C@@H](Cc1c[nH]c2ccccc12)C(N)=O. The summed E-state index contributed by atoms with van der Waals surface area (Å²) in [5.74, 6) is -3.86. The number of carbonyl (C=O) groups excluding carboxylic acids is 5. The molecule has 0 aliphatic heterocycles. The zero-order chi connectivity index (χ0) is 30.1. The van der Waals surface area contributed by atoms with Gasteiger partial charge in [0.05, 0.1) is 0 Å². The van der Waals surface area contributed by atoms with Crippen molar-refractivity contribution in [3.8, 4) is 0 Å². The standard InChI is InChI=1S/C28H33FN6O5S/c1-15(32-16(2)36)26(38)34-23(11-17-7-9-19(29)10-8-17)27(39)35-24(14-41)28(40)33-22(25(30)37)12-18-13-31-21-6-4-3-5-20(18)21/h3-10,13,15,22-24,31,41H,11-12,14H2,1-2H3,(H2,30,37)(H,32,36)(H,33,40)(H,34,38)(H,35,39)/t15-,22-,23-,24-/m0/s1. The summed E-state index contributed by atoms with van der Waals surface area (Å²) in [6, 6.07) is 8.43. The van der Waals surface area contributed by atoms with Gasteiger partial charge in [0.25, 0.3) is 0 Å². The molecule has 0 unspecified atom stereocenters. The molecule has 4 atom stereocenters. The third-order valence-electron chi connectivity index (χ3n) is 6.37. The number of aromatic amines is 1. The minimum Gasteiger partial charge on any atom is -0.368 e. The van der Waals surface area contributed by atoms with Gasteiger partial charge in [-0.25, -0.2) is 4.39 Å². The van der Waals surface area contributed by atoms with E-state index in [1.807, 2.05) is 24.3 Å². The average Bonchev–Trinajstić information content (AvgIpc) is 3.34. The van der Waals surface area contributed by atoms with Crippen LogP contribution in [0, 0.1) is 5.82 Å². The molecule has 13 heteroatoms. The Bertz CT molecular complexity index is 1410. The number of H-pyrrole nitrogens is 1. The summed E-state index contributed by atoms with van der Waals surface area (Å²) < 4.78 is 13.4. The van der Waals surface area contributed by atoms with Gasteiger partial charge in [-0.15, -0.1) is 0 Å². The van der Waals surface area contributed by atoms with E-state index >= 15 is 0 Å². The van der Waals surface area contributed by atoms with Crippen molar-refractivity contribution in [2.75, 3.05) is 5.75 Å². The van der Waals surface area contributed by atoms with Crippen LogP contribution in [0.3, 0.4) is 0 Å². The van der Waals surface area contributed by atoms with Crippen LogP contribution in [0.25, 0.3) is 10.9 Å². The Morgan fingerprint density at radius 1 is 0.854 bits per heavy atom. The molecular formula is C28H33FN6O5S. The quantitative estimate of drug-likeness (QED) is 0.145. The summed E-state index contributed by atoms with van der Waals surface area (Å²) >= 11 is 4.19. The first-order valence-electron chi connectivity index (χ1n) is 12.9. The van der Waals surface area contributed by atoms with E-state index in [0.717, 1.165) is 16.5 Å². The Balaban J connectivity index is 1.73. The van der Waals surface area contributed by atoms with Crippen LogP contribution in [0.2, 0.25) is 0 Å². The lowest BCUT2D eigenvalue weighted by Gasteiger charge is -2.25. The molecule has 3 rings (SSSR count). The van der Waals surface area contributed by atoms with Crippen molar-refractivity contribution in [3.63, 3.8) is 0 Å². The van der Waals surface area contributed by atoms with E-state index in [9.17, 15) is 28.4 Å². The van der Waals surface area contributed by atoms with E-state index in [4.69, 9.17) is 5.73 Å². The Labute approximate surface area is 241 Å². The molecule has 1 aromatic heterocycles. The number of amides is 5. The number of rotatable bonds is 13. The summed E-state index contributed by atoms with van der Waals surface area (Å²) in [6.45, 7) is 2.70. The van der Waals surface area contributed by atoms with Gasteiger partial charge in [-0.3, -0.25) is 24.0 Å². The molecule has 0 fully saturated rings. The number of hydrogen-bond donors (Lipinski definition) is 7. The Hall–Kier alpha value is -4.39. The van der Waals surface area contributed by atoms with Gasteiger partial charge >= 0.3 is 0 Å². The van der Waals surface area contributed by atoms with Crippen molar-refractivity contribution in [2.45, 2.75) is 50.9 Å². The van der Waals surface area contributed by atoms with Gasteiger partial charge in [-0.05, 0) is 36.2 Å². The fourth-order valence-electron chi connectivity index (χ4n) is 4.21. The van der Waals surface area contributed by atoms with E-state index < -0.39 is 59.5 Å². The smallest absolute Gasteiger partial charge is 0.244 e. The Morgan fingerprint density at radius 3 is 2.10 bits per heavy atom. The molecule has 11 nitrogen and oxygen atoms in total. The average molecular weight is 585 g/mol. The monoisotopic (exact) mass is 584 g/mol. The predicted molar refractivity (Wildman–Crippen MR) is 154 cm³/mol. The largest absolute Gasteiger partial charge is 0.368 e. The summed E-state index contributed by atoms with van der Waals surface area (Å²) in [7, 11) is 0. The molecular weight excluding hydrogens is 551 g/mol. The highest BCUT2D eigenvalue weighted by Gasteiger charge is 2.30. The fraction of sp³-hybridized carbons (Fsp3) is 0.321. The molecule has 0 saturated heterocycles. The van der Waals surface area contributed by atoms with Crippen molar-refractivity contribution in [3.05, 3.63) is 71.7 Å². The summed E-state index contributed by atoms with van der Waals surface area (Å²) in [5, 5.41) is 11.0. The Morgan fingerprint density at radius 2 is 1.46 bits per heavy atom. The minimum absolute atomic E-state index is 0.0317. The van der Waals surface area contributed by atoms with Gasteiger partial charge < -0.3 is 32.0 Å². The molecule has 1 heterocycles. The number of thiol groups is 1. The number of hydrogen-bond acceptors (Lipinski definition) is 6. The molecule has 0 saturated carbocycles. The molecule has 0 aliphatic rings. The second-order valence-electron chi connectivity index (χ2n) is 9.58. The molecule has 3 aromatic rings. The molecule has 0 spiro atoms. The predicted octanol–water partition coefficient (Wildman–Crippen LogP) is 0.486. The maximum absolute atomic E-state index is 13.4. The number of aromatic nitrogens is 1. The van der Waals surface area contributed by atoms with Crippen LogP contribution in [0.1, 0.15) is 25.0 Å². The highest BCUT2D eigenvalue weighted by atomic mass is 32.1. The first-order valence-corrected chi connectivity index (χ1v) is 13.5. The van der Waals surface area contributed by atoms with Crippen molar-refractivity contribution < 1.29 is 28.4 Å².